The van der Waals surface area contributed by atoms with Crippen molar-refractivity contribution in [1.82, 2.24) is 14.9 Å². The lowest BCUT2D eigenvalue weighted by molar-refractivity contribution is -0.119. The third-order valence-corrected chi connectivity index (χ3v) is 8.06. The van der Waals surface area contributed by atoms with Crippen LogP contribution in [-0.4, -0.2) is 60.0 Å². The number of para-hydroxylation sites is 1. The summed E-state index contributed by atoms with van der Waals surface area (Å²) in [6.07, 6.45) is 4.55. The third-order valence-electron chi connectivity index (χ3n) is 6.88. The van der Waals surface area contributed by atoms with Gasteiger partial charge in [-0.2, -0.15) is 0 Å². The van der Waals surface area contributed by atoms with Crippen LogP contribution in [0.15, 0.2) is 24.3 Å². The summed E-state index contributed by atoms with van der Waals surface area (Å²) in [5.41, 5.74) is 3.86. The first-order valence-corrected chi connectivity index (χ1v) is 12.1. The normalized spacial score (nSPS) is 18.6. The zero-order chi connectivity index (χ0) is 20.9. The van der Waals surface area contributed by atoms with E-state index in [2.05, 4.69) is 28.0 Å². The van der Waals surface area contributed by atoms with Crippen LogP contribution in [0, 0.1) is 6.92 Å². The average molecular weight is 434 g/mol. The number of thiophene rings is 1. The van der Waals surface area contributed by atoms with Crippen molar-refractivity contribution in [2.75, 3.05) is 49.1 Å². The molecule has 0 saturated carbocycles. The van der Waals surface area contributed by atoms with Crippen molar-refractivity contribution in [3.8, 4) is 0 Å². The molecule has 0 unspecified atom stereocenters. The van der Waals surface area contributed by atoms with E-state index in [-0.39, 0.29) is 5.91 Å². The summed E-state index contributed by atoms with van der Waals surface area (Å²) in [5.74, 6) is 2.18. The smallest absolute Gasteiger partial charge is 0.241 e. The quantitative estimate of drug-likeness (QED) is 0.635. The molecule has 2 aromatic heterocycles. The number of carbonyl (C=O) groups excluding carboxylic acids is 1. The standard InChI is InChI=1S/C24H27N5OS/c1-16-25-23(22-18-6-4-8-20(18)31-24(22)26-16)28-13-11-27(12-14-28)15-21(30)29-10-9-17-5-2-3-7-19(17)29/h2-3,5,7H,4,6,8-15H2,1H3. The van der Waals surface area contributed by atoms with Crippen molar-refractivity contribution in [2.45, 2.75) is 32.6 Å². The van der Waals surface area contributed by atoms with Crippen LogP contribution in [0.25, 0.3) is 10.2 Å². The van der Waals surface area contributed by atoms with Gasteiger partial charge in [0.1, 0.15) is 16.5 Å². The molecule has 0 atom stereocenters. The maximum absolute atomic E-state index is 13.0. The van der Waals surface area contributed by atoms with E-state index in [1.807, 2.05) is 29.2 Å². The minimum atomic E-state index is 0.217. The molecular weight excluding hydrogens is 406 g/mol. The molecule has 160 valence electrons. The van der Waals surface area contributed by atoms with Crippen LogP contribution in [0.2, 0.25) is 0 Å². The number of anilines is 2. The maximum atomic E-state index is 13.0. The Labute approximate surface area is 186 Å². The lowest BCUT2D eigenvalue weighted by Gasteiger charge is -2.36. The Morgan fingerprint density at radius 3 is 2.74 bits per heavy atom. The molecule has 0 spiro atoms. The second kappa shape index (κ2) is 7.57. The first-order valence-electron chi connectivity index (χ1n) is 11.3. The molecule has 1 fully saturated rings. The van der Waals surface area contributed by atoms with Gasteiger partial charge in [0, 0.05) is 43.3 Å². The van der Waals surface area contributed by atoms with Gasteiger partial charge in [-0.25, -0.2) is 9.97 Å². The topological polar surface area (TPSA) is 52.6 Å². The molecule has 0 N–H and O–H groups in total. The molecular formula is C24H27N5OS. The largest absolute Gasteiger partial charge is 0.353 e. The number of aryl methyl sites for hydroxylation is 3. The van der Waals surface area contributed by atoms with Crippen molar-refractivity contribution in [3.63, 3.8) is 0 Å². The van der Waals surface area contributed by atoms with Gasteiger partial charge >= 0.3 is 0 Å². The van der Waals surface area contributed by atoms with Gasteiger partial charge in [0.15, 0.2) is 0 Å². The number of aromatic nitrogens is 2. The molecule has 1 saturated heterocycles. The van der Waals surface area contributed by atoms with Crippen molar-refractivity contribution in [3.05, 3.63) is 46.1 Å². The van der Waals surface area contributed by atoms with E-state index in [4.69, 9.17) is 9.97 Å². The Morgan fingerprint density at radius 2 is 1.87 bits per heavy atom. The van der Waals surface area contributed by atoms with Crippen LogP contribution < -0.4 is 9.80 Å². The number of rotatable bonds is 3. The van der Waals surface area contributed by atoms with Gasteiger partial charge in [0.25, 0.3) is 0 Å². The van der Waals surface area contributed by atoms with Crippen LogP contribution in [0.1, 0.15) is 28.2 Å². The number of hydrogen-bond acceptors (Lipinski definition) is 6. The van der Waals surface area contributed by atoms with Gasteiger partial charge in [-0.3, -0.25) is 9.69 Å². The van der Waals surface area contributed by atoms with Crippen molar-refractivity contribution >= 4 is 39.0 Å². The number of benzene rings is 1. The lowest BCUT2D eigenvalue weighted by Crippen LogP contribution is -2.50. The summed E-state index contributed by atoms with van der Waals surface area (Å²) in [4.78, 5) is 31.9. The minimum Gasteiger partial charge on any atom is -0.353 e. The van der Waals surface area contributed by atoms with Gasteiger partial charge in [0.2, 0.25) is 5.91 Å². The van der Waals surface area contributed by atoms with Gasteiger partial charge in [-0.15, -0.1) is 11.3 Å². The van der Waals surface area contributed by atoms with Crippen LogP contribution in [0.3, 0.4) is 0 Å². The average Bonchev–Trinajstić information content (AvgIpc) is 3.48. The molecule has 1 aromatic carbocycles. The van der Waals surface area contributed by atoms with Crippen LogP contribution in [0.5, 0.6) is 0 Å². The summed E-state index contributed by atoms with van der Waals surface area (Å²) in [5, 5.41) is 1.29. The van der Waals surface area contributed by atoms with E-state index in [0.29, 0.717) is 6.54 Å². The minimum absolute atomic E-state index is 0.217. The number of piperazine rings is 1. The fraction of sp³-hybridized carbons (Fsp3) is 0.458. The van der Waals surface area contributed by atoms with Gasteiger partial charge < -0.3 is 9.80 Å². The Morgan fingerprint density at radius 1 is 1.03 bits per heavy atom. The van der Waals surface area contributed by atoms with Crippen LogP contribution in [0.4, 0.5) is 11.5 Å². The summed E-state index contributed by atoms with van der Waals surface area (Å²) < 4.78 is 0. The molecule has 6 rings (SSSR count). The summed E-state index contributed by atoms with van der Waals surface area (Å²) in [6, 6.07) is 8.28. The first kappa shape index (κ1) is 19.2. The molecule has 1 amide bonds. The van der Waals surface area contributed by atoms with Crippen LogP contribution in [-0.2, 0) is 24.1 Å². The molecule has 0 bridgehead atoms. The maximum Gasteiger partial charge on any atom is 0.241 e. The molecule has 4 heterocycles. The van der Waals surface area contributed by atoms with E-state index in [0.717, 1.165) is 67.7 Å². The van der Waals surface area contributed by atoms with Crippen molar-refractivity contribution in [2.24, 2.45) is 0 Å². The number of amides is 1. The highest BCUT2D eigenvalue weighted by atomic mass is 32.1. The Bertz CT molecular complexity index is 1160. The summed E-state index contributed by atoms with van der Waals surface area (Å²) in [6.45, 7) is 6.88. The fourth-order valence-corrected chi connectivity index (χ4v) is 6.60. The summed E-state index contributed by atoms with van der Waals surface area (Å²) in [7, 11) is 0. The van der Waals surface area contributed by atoms with E-state index in [9.17, 15) is 4.79 Å². The van der Waals surface area contributed by atoms with E-state index in [1.54, 1.807) is 0 Å². The molecule has 0 radical (unpaired) electrons. The highest BCUT2D eigenvalue weighted by Gasteiger charge is 2.29. The second-order valence-corrected chi connectivity index (χ2v) is 9.90. The molecule has 2 aliphatic heterocycles. The lowest BCUT2D eigenvalue weighted by atomic mass is 10.1. The fourth-order valence-electron chi connectivity index (χ4n) is 5.30. The van der Waals surface area contributed by atoms with Crippen molar-refractivity contribution in [1.29, 1.82) is 0 Å². The molecule has 6 nitrogen and oxygen atoms in total. The van der Waals surface area contributed by atoms with Gasteiger partial charge in [-0.1, -0.05) is 18.2 Å². The highest BCUT2D eigenvalue weighted by molar-refractivity contribution is 7.19. The Balaban J connectivity index is 1.16. The van der Waals surface area contributed by atoms with Crippen LogP contribution >= 0.6 is 11.3 Å². The van der Waals surface area contributed by atoms with Gasteiger partial charge in [0.05, 0.1) is 11.9 Å². The third kappa shape index (κ3) is 3.31. The second-order valence-electron chi connectivity index (χ2n) is 8.82. The zero-order valence-corrected chi connectivity index (χ0v) is 18.7. The Kier molecular flexibility index (Phi) is 4.69. The van der Waals surface area contributed by atoms with E-state index < -0.39 is 0 Å². The summed E-state index contributed by atoms with van der Waals surface area (Å²) >= 11 is 1.86. The number of nitrogens with zero attached hydrogens (tertiary/aromatic N) is 5. The molecule has 3 aliphatic rings. The number of hydrogen-bond donors (Lipinski definition) is 0. The highest BCUT2D eigenvalue weighted by Crippen LogP contribution is 2.40. The van der Waals surface area contributed by atoms with Crippen molar-refractivity contribution < 1.29 is 4.79 Å². The molecule has 31 heavy (non-hydrogen) atoms. The van der Waals surface area contributed by atoms with E-state index >= 15 is 0 Å². The Hall–Kier alpha value is -2.51. The van der Waals surface area contributed by atoms with Gasteiger partial charge in [-0.05, 0) is 49.8 Å². The zero-order valence-electron chi connectivity index (χ0n) is 17.9. The predicted octanol–water partition coefficient (Wildman–Crippen LogP) is 3.20. The number of fused-ring (bicyclic) bond motifs is 4. The molecule has 7 heteroatoms. The SMILES string of the molecule is Cc1nc(N2CCN(CC(=O)N3CCc4ccccc43)CC2)c2c3c(sc2n1)CCC3. The predicted molar refractivity (Wildman–Crippen MR) is 125 cm³/mol. The monoisotopic (exact) mass is 433 g/mol. The number of carbonyl (C=O) groups is 1. The molecule has 3 aromatic rings. The van der Waals surface area contributed by atoms with E-state index in [1.165, 1.54) is 34.2 Å². The first-order chi connectivity index (χ1) is 15.2. The molecule has 1 aliphatic carbocycles.